The van der Waals surface area contributed by atoms with Crippen LogP contribution in [0.4, 0.5) is 4.79 Å². The van der Waals surface area contributed by atoms with Crippen molar-refractivity contribution in [2.24, 2.45) is 0 Å². The van der Waals surface area contributed by atoms with Crippen LogP contribution in [0.2, 0.25) is 0 Å². The van der Waals surface area contributed by atoms with Gasteiger partial charge in [0.05, 0.1) is 0 Å². The predicted molar refractivity (Wildman–Crippen MR) is 157 cm³/mol. The third-order valence-electron chi connectivity index (χ3n) is 6.04. The first kappa shape index (κ1) is 33.9. The lowest BCUT2D eigenvalue weighted by Crippen LogP contribution is -2.38. The number of rotatable bonds is 13. The largest absolute Gasteiger partial charge is 0.430 e. The minimum atomic E-state index is -0.303. The number of unbranched alkanes of at least 4 members (excludes halogenated alkanes) is 3. The Kier molecular flexibility index (Phi) is 18.9. The van der Waals surface area contributed by atoms with Crippen LogP contribution in [0.5, 0.6) is 0 Å². The van der Waals surface area contributed by atoms with Gasteiger partial charge < -0.3 is 24.7 Å². The summed E-state index contributed by atoms with van der Waals surface area (Å²) in [6.45, 7) is 12.2. The molecule has 9 nitrogen and oxygen atoms in total. The SMILES string of the molecule is C1CCOC1.C=C(CC)NCCCCCCN(Cc1ccccc1)C(=O)OC(C)N(C)C.O=c1nccc[nH]1. The van der Waals surface area contributed by atoms with Crippen LogP contribution in [0, 0.1) is 0 Å². The zero-order chi connectivity index (χ0) is 28.7. The number of allylic oxidation sites excluding steroid dienone is 1. The lowest BCUT2D eigenvalue weighted by molar-refractivity contribution is 0.00453. The van der Waals surface area contributed by atoms with Crippen LogP contribution in [0.1, 0.15) is 64.4 Å². The first-order valence-electron chi connectivity index (χ1n) is 14.0. The molecule has 1 aromatic carbocycles. The standard InChI is InChI=1S/C22H37N3O2.C4H4N2O.C4H8O/c1-6-19(2)23-16-12-7-8-13-17-25(18-21-14-10-9-11-15-21)22(26)27-20(3)24(4)5;7-4-5-2-1-3-6-4;1-2-4-5-3-1/h9-11,14-15,20,23H,2,6-8,12-13,16-18H2,1,3-5H3;1-3H,(H,5,6,7);1-4H2. The molecule has 1 aliphatic rings. The molecule has 1 aromatic heterocycles. The maximum Gasteiger partial charge on any atom is 0.411 e. The molecule has 0 bridgehead atoms. The minimum Gasteiger partial charge on any atom is -0.430 e. The molecule has 1 unspecified atom stereocenters. The fourth-order valence-electron chi connectivity index (χ4n) is 3.36. The summed E-state index contributed by atoms with van der Waals surface area (Å²) in [5, 5.41) is 3.33. The Labute approximate surface area is 234 Å². The number of H-pyrrole nitrogens is 1. The smallest absolute Gasteiger partial charge is 0.411 e. The second kappa shape index (κ2) is 21.7. The molecular weight excluding hydrogens is 494 g/mol. The van der Waals surface area contributed by atoms with Crippen LogP contribution < -0.4 is 11.0 Å². The Morgan fingerprint density at radius 1 is 1.13 bits per heavy atom. The first-order chi connectivity index (χ1) is 18.8. The summed E-state index contributed by atoms with van der Waals surface area (Å²) in [7, 11) is 3.81. The number of aromatic amines is 1. The zero-order valence-corrected chi connectivity index (χ0v) is 24.4. The van der Waals surface area contributed by atoms with Gasteiger partial charge in [-0.15, -0.1) is 0 Å². The summed E-state index contributed by atoms with van der Waals surface area (Å²) in [5.41, 5.74) is 1.92. The molecule has 1 fully saturated rings. The van der Waals surface area contributed by atoms with E-state index in [9.17, 15) is 9.59 Å². The molecule has 0 spiro atoms. The topological polar surface area (TPSA) is 99.8 Å². The van der Waals surface area contributed by atoms with Crippen LogP contribution in [-0.2, 0) is 16.0 Å². The van der Waals surface area contributed by atoms with Crippen molar-refractivity contribution in [2.75, 3.05) is 40.4 Å². The van der Waals surface area contributed by atoms with Crippen molar-refractivity contribution >= 4 is 6.09 Å². The summed E-state index contributed by atoms with van der Waals surface area (Å²) < 4.78 is 10.5. The highest BCUT2D eigenvalue weighted by Crippen LogP contribution is 2.11. The van der Waals surface area contributed by atoms with Gasteiger partial charge in [-0.2, -0.15) is 0 Å². The molecule has 39 heavy (non-hydrogen) atoms. The maximum atomic E-state index is 12.6. The number of nitrogens with one attached hydrogen (secondary N) is 2. The fraction of sp³-hybridized carbons (Fsp3) is 0.567. The third kappa shape index (κ3) is 17.9. The summed E-state index contributed by atoms with van der Waals surface area (Å²) in [6.07, 6.45) is 10.4. The second-order valence-electron chi connectivity index (χ2n) is 9.56. The Bertz CT molecular complexity index is 923. The van der Waals surface area contributed by atoms with E-state index in [1.165, 1.54) is 25.2 Å². The van der Waals surface area contributed by atoms with Crippen LogP contribution in [0.15, 0.2) is 65.9 Å². The lowest BCUT2D eigenvalue weighted by atomic mass is 10.1. The van der Waals surface area contributed by atoms with Gasteiger partial charge >= 0.3 is 11.8 Å². The molecule has 2 N–H and O–H groups in total. The molecule has 9 heteroatoms. The number of hydrogen-bond donors (Lipinski definition) is 2. The van der Waals surface area contributed by atoms with E-state index >= 15 is 0 Å². The van der Waals surface area contributed by atoms with E-state index in [1.807, 2.05) is 61.2 Å². The Balaban J connectivity index is 0.000000510. The molecule has 2 aromatic rings. The fourth-order valence-corrected chi connectivity index (χ4v) is 3.36. The van der Waals surface area contributed by atoms with Gasteiger partial charge in [0, 0.05) is 50.9 Å². The highest BCUT2D eigenvalue weighted by molar-refractivity contribution is 5.67. The third-order valence-corrected chi connectivity index (χ3v) is 6.04. The van der Waals surface area contributed by atoms with Crippen molar-refractivity contribution in [2.45, 2.75) is 71.6 Å². The normalized spacial score (nSPS) is 12.8. The molecule has 2 heterocycles. The summed E-state index contributed by atoms with van der Waals surface area (Å²) in [6, 6.07) is 11.7. The zero-order valence-electron chi connectivity index (χ0n) is 24.4. The van der Waals surface area contributed by atoms with Crippen molar-refractivity contribution in [3.05, 3.63) is 77.1 Å². The van der Waals surface area contributed by atoms with Gasteiger partial charge in [0.25, 0.3) is 0 Å². The van der Waals surface area contributed by atoms with E-state index in [0.29, 0.717) is 13.1 Å². The number of amides is 1. The van der Waals surface area contributed by atoms with Crippen LogP contribution in [0.3, 0.4) is 0 Å². The molecule has 1 aliphatic heterocycles. The van der Waals surface area contributed by atoms with Gasteiger partial charge in [0.2, 0.25) is 0 Å². The summed E-state index contributed by atoms with van der Waals surface area (Å²) >= 11 is 0. The van der Waals surface area contributed by atoms with Gasteiger partial charge in [-0.05, 0) is 64.8 Å². The van der Waals surface area contributed by atoms with Crippen LogP contribution in [0.25, 0.3) is 0 Å². The quantitative estimate of drug-likeness (QED) is 0.265. The van der Waals surface area contributed by atoms with Crippen molar-refractivity contribution in [3.63, 3.8) is 0 Å². The van der Waals surface area contributed by atoms with Crippen molar-refractivity contribution in [1.29, 1.82) is 0 Å². The highest BCUT2D eigenvalue weighted by atomic mass is 16.6. The van der Waals surface area contributed by atoms with Crippen molar-refractivity contribution in [1.82, 2.24) is 25.1 Å². The van der Waals surface area contributed by atoms with Crippen LogP contribution >= 0.6 is 0 Å². The number of nitrogens with zero attached hydrogens (tertiary/aromatic N) is 3. The lowest BCUT2D eigenvalue weighted by Gasteiger charge is -2.27. The minimum absolute atomic E-state index is 0.242. The molecule has 3 rings (SSSR count). The van der Waals surface area contributed by atoms with Gasteiger partial charge in [0.1, 0.15) is 0 Å². The van der Waals surface area contributed by atoms with E-state index in [1.54, 1.807) is 6.07 Å². The summed E-state index contributed by atoms with van der Waals surface area (Å²) in [4.78, 5) is 32.1. The van der Waals surface area contributed by atoms with Crippen molar-refractivity contribution < 1.29 is 14.3 Å². The van der Waals surface area contributed by atoms with E-state index in [-0.39, 0.29) is 18.0 Å². The average molecular weight is 544 g/mol. The number of carbonyl (C=O) groups excluding carboxylic acids is 1. The van der Waals surface area contributed by atoms with E-state index < -0.39 is 0 Å². The predicted octanol–water partition coefficient (Wildman–Crippen LogP) is 5.17. The van der Waals surface area contributed by atoms with Gasteiger partial charge in [0.15, 0.2) is 6.23 Å². The van der Waals surface area contributed by atoms with Gasteiger partial charge in [-0.3, -0.25) is 4.90 Å². The Morgan fingerprint density at radius 2 is 1.82 bits per heavy atom. The van der Waals surface area contributed by atoms with Gasteiger partial charge in [-0.25, -0.2) is 14.6 Å². The molecule has 1 atom stereocenters. The molecule has 1 saturated heterocycles. The molecule has 218 valence electrons. The summed E-state index contributed by atoms with van der Waals surface area (Å²) in [5.74, 6) is 0. The molecule has 1 amide bonds. The number of benzene rings is 1. The molecule has 0 saturated carbocycles. The highest BCUT2D eigenvalue weighted by Gasteiger charge is 2.19. The second-order valence-corrected chi connectivity index (χ2v) is 9.56. The van der Waals surface area contributed by atoms with E-state index in [0.717, 1.165) is 63.1 Å². The Hall–Kier alpha value is -3.17. The Morgan fingerprint density at radius 3 is 2.33 bits per heavy atom. The maximum absolute atomic E-state index is 12.6. The molecular formula is C30H49N5O4. The monoisotopic (exact) mass is 543 g/mol. The first-order valence-corrected chi connectivity index (χ1v) is 14.0. The van der Waals surface area contributed by atoms with E-state index in [2.05, 4.69) is 28.8 Å². The number of carbonyl (C=O) groups is 1. The van der Waals surface area contributed by atoms with Crippen molar-refractivity contribution in [3.8, 4) is 0 Å². The molecule has 0 radical (unpaired) electrons. The van der Waals surface area contributed by atoms with Crippen LogP contribution in [-0.4, -0.2) is 72.5 Å². The molecule has 0 aliphatic carbocycles. The number of ether oxygens (including phenoxy) is 2. The number of hydrogen-bond acceptors (Lipinski definition) is 7. The van der Waals surface area contributed by atoms with Gasteiger partial charge in [-0.1, -0.05) is 56.7 Å². The van der Waals surface area contributed by atoms with E-state index in [4.69, 9.17) is 9.47 Å². The number of aromatic nitrogens is 2. The average Bonchev–Trinajstić information content (AvgIpc) is 3.53.